The van der Waals surface area contributed by atoms with Crippen LogP contribution in [0, 0.1) is 0 Å². The lowest BCUT2D eigenvalue weighted by Crippen LogP contribution is -1.95. The summed E-state index contributed by atoms with van der Waals surface area (Å²) in [5, 5.41) is 19.6. The molecule has 2 rings (SSSR count). The molecule has 0 aromatic heterocycles. The van der Waals surface area contributed by atoms with Crippen LogP contribution in [-0.4, -0.2) is 24.4 Å². The van der Waals surface area contributed by atoms with Crippen LogP contribution in [0.4, 0.5) is 0 Å². The smallest absolute Gasteiger partial charge is 0.200 e. The Kier molecular flexibility index (Phi) is 4.35. The van der Waals surface area contributed by atoms with Crippen molar-refractivity contribution in [2.75, 3.05) is 14.2 Å². The van der Waals surface area contributed by atoms with Crippen molar-refractivity contribution in [3.63, 3.8) is 0 Å². The normalized spacial score (nSPS) is 10.3. The average molecular weight is 274 g/mol. The number of aromatic hydroxyl groups is 2. The third-order valence-electron chi connectivity index (χ3n) is 3.21. The summed E-state index contributed by atoms with van der Waals surface area (Å²) in [6, 6.07) is 10.8. The van der Waals surface area contributed by atoms with Crippen molar-refractivity contribution in [3.05, 3.63) is 47.5 Å². The van der Waals surface area contributed by atoms with Crippen molar-refractivity contribution in [1.29, 1.82) is 0 Å². The van der Waals surface area contributed by atoms with Gasteiger partial charge in [-0.15, -0.1) is 0 Å². The Balaban J connectivity index is 2.19. The van der Waals surface area contributed by atoms with Crippen LogP contribution in [0.2, 0.25) is 0 Å². The summed E-state index contributed by atoms with van der Waals surface area (Å²) < 4.78 is 10.2. The first-order valence-corrected chi connectivity index (χ1v) is 6.36. The molecule has 0 aliphatic rings. The van der Waals surface area contributed by atoms with E-state index >= 15 is 0 Å². The minimum atomic E-state index is 0.00121. The molecule has 0 atom stereocenters. The summed E-state index contributed by atoms with van der Waals surface area (Å²) in [5.74, 6) is 1.07. The van der Waals surface area contributed by atoms with E-state index in [9.17, 15) is 10.2 Å². The first-order valence-electron chi connectivity index (χ1n) is 6.36. The third-order valence-corrected chi connectivity index (χ3v) is 3.21. The second-order valence-electron chi connectivity index (χ2n) is 4.48. The maximum absolute atomic E-state index is 9.85. The number of rotatable bonds is 5. The molecule has 106 valence electrons. The lowest BCUT2D eigenvalue weighted by Gasteiger charge is -2.11. The van der Waals surface area contributed by atoms with Gasteiger partial charge in [0.05, 0.1) is 14.2 Å². The second-order valence-corrected chi connectivity index (χ2v) is 4.48. The lowest BCUT2D eigenvalue weighted by atomic mass is 10.0. The molecule has 0 fully saturated rings. The maximum atomic E-state index is 9.85. The highest BCUT2D eigenvalue weighted by Crippen LogP contribution is 2.37. The number of hydrogen-bond donors (Lipinski definition) is 2. The van der Waals surface area contributed by atoms with E-state index in [0.717, 1.165) is 11.1 Å². The van der Waals surface area contributed by atoms with Crippen molar-refractivity contribution >= 4 is 0 Å². The molecule has 0 aliphatic carbocycles. The van der Waals surface area contributed by atoms with Gasteiger partial charge in [-0.25, -0.2) is 0 Å². The predicted octanol–water partition coefficient (Wildman–Crippen LogP) is 2.90. The summed E-state index contributed by atoms with van der Waals surface area (Å²) in [7, 11) is 3.00. The van der Waals surface area contributed by atoms with Gasteiger partial charge in [0.25, 0.3) is 0 Å². The van der Waals surface area contributed by atoms with Crippen molar-refractivity contribution in [2.24, 2.45) is 0 Å². The number of methoxy groups -OCH3 is 2. The van der Waals surface area contributed by atoms with Gasteiger partial charge < -0.3 is 19.7 Å². The number of phenols is 2. The number of para-hydroxylation sites is 1. The number of aryl methyl sites for hydroxylation is 2. The monoisotopic (exact) mass is 274 g/mol. The fourth-order valence-electron chi connectivity index (χ4n) is 2.09. The van der Waals surface area contributed by atoms with Crippen molar-refractivity contribution in [3.8, 4) is 23.0 Å². The molecule has 0 bridgehead atoms. The molecule has 4 heteroatoms. The first-order chi connectivity index (χ1) is 9.65. The van der Waals surface area contributed by atoms with E-state index in [2.05, 4.69) is 0 Å². The van der Waals surface area contributed by atoms with E-state index in [4.69, 9.17) is 9.47 Å². The number of benzene rings is 2. The second kappa shape index (κ2) is 6.19. The van der Waals surface area contributed by atoms with Crippen LogP contribution in [0.3, 0.4) is 0 Å². The highest BCUT2D eigenvalue weighted by Gasteiger charge is 2.11. The molecule has 20 heavy (non-hydrogen) atoms. The van der Waals surface area contributed by atoms with Gasteiger partial charge in [0.1, 0.15) is 5.75 Å². The molecule has 0 saturated carbocycles. The largest absolute Gasteiger partial charge is 0.508 e. The van der Waals surface area contributed by atoms with Crippen LogP contribution in [0.15, 0.2) is 36.4 Å². The van der Waals surface area contributed by atoms with Crippen LogP contribution in [0.1, 0.15) is 11.1 Å². The zero-order valence-electron chi connectivity index (χ0n) is 11.6. The quantitative estimate of drug-likeness (QED) is 0.880. The molecule has 0 saturated heterocycles. The summed E-state index contributed by atoms with van der Waals surface area (Å²) in [5.41, 5.74) is 1.86. The lowest BCUT2D eigenvalue weighted by molar-refractivity contribution is 0.339. The van der Waals surface area contributed by atoms with Crippen LogP contribution in [0.25, 0.3) is 0 Å². The minimum Gasteiger partial charge on any atom is -0.508 e. The average Bonchev–Trinajstić information content (AvgIpc) is 2.47. The fourth-order valence-corrected chi connectivity index (χ4v) is 2.09. The summed E-state index contributed by atoms with van der Waals surface area (Å²) in [4.78, 5) is 0. The SMILES string of the molecule is COc1cc(CCc2ccccc2O)cc(OC)c1O. The first kappa shape index (κ1) is 14.1. The van der Waals surface area contributed by atoms with Crippen LogP contribution in [-0.2, 0) is 12.8 Å². The van der Waals surface area contributed by atoms with Crippen LogP contribution < -0.4 is 9.47 Å². The Morgan fingerprint density at radius 2 is 1.50 bits per heavy atom. The van der Waals surface area contributed by atoms with Gasteiger partial charge >= 0.3 is 0 Å². The van der Waals surface area contributed by atoms with Gasteiger partial charge in [-0.2, -0.15) is 0 Å². The van der Waals surface area contributed by atoms with E-state index in [1.165, 1.54) is 14.2 Å². The van der Waals surface area contributed by atoms with Crippen LogP contribution in [0.5, 0.6) is 23.0 Å². The molecule has 0 unspecified atom stereocenters. The topological polar surface area (TPSA) is 58.9 Å². The van der Waals surface area contributed by atoms with Gasteiger partial charge in [0.15, 0.2) is 11.5 Å². The Hall–Kier alpha value is -2.36. The molecular formula is C16H18O4. The molecule has 2 N–H and O–H groups in total. The van der Waals surface area contributed by atoms with E-state index < -0.39 is 0 Å². The zero-order valence-corrected chi connectivity index (χ0v) is 11.6. The molecule has 0 spiro atoms. The van der Waals surface area contributed by atoms with Crippen molar-refractivity contribution in [2.45, 2.75) is 12.8 Å². The Labute approximate surface area is 118 Å². The highest BCUT2D eigenvalue weighted by atomic mass is 16.5. The summed E-state index contributed by atoms with van der Waals surface area (Å²) >= 11 is 0. The number of phenolic OH excluding ortho intramolecular Hbond substituents is 2. The zero-order chi connectivity index (χ0) is 14.5. The maximum Gasteiger partial charge on any atom is 0.200 e. The Morgan fingerprint density at radius 3 is 2.05 bits per heavy atom. The molecule has 0 radical (unpaired) electrons. The van der Waals surface area contributed by atoms with Gasteiger partial charge in [0.2, 0.25) is 5.75 Å². The highest BCUT2D eigenvalue weighted by molar-refractivity contribution is 5.53. The molecule has 4 nitrogen and oxygen atoms in total. The third kappa shape index (κ3) is 2.96. The van der Waals surface area contributed by atoms with Gasteiger partial charge in [-0.3, -0.25) is 0 Å². The van der Waals surface area contributed by atoms with E-state index in [-0.39, 0.29) is 5.75 Å². The Bertz CT molecular complexity index is 568. The molecule has 2 aromatic rings. The van der Waals surface area contributed by atoms with E-state index in [1.807, 2.05) is 12.1 Å². The number of ether oxygens (including phenoxy) is 2. The summed E-state index contributed by atoms with van der Waals surface area (Å²) in [6.45, 7) is 0. The standard InChI is InChI=1S/C16H18O4/c1-19-14-9-11(10-15(20-2)16(14)18)7-8-12-5-3-4-6-13(12)17/h3-6,9-10,17-18H,7-8H2,1-2H3. The Morgan fingerprint density at radius 1 is 0.900 bits per heavy atom. The molecular weight excluding hydrogens is 256 g/mol. The molecule has 0 amide bonds. The van der Waals surface area contributed by atoms with E-state index in [1.54, 1.807) is 24.3 Å². The van der Waals surface area contributed by atoms with Gasteiger partial charge in [0, 0.05) is 0 Å². The van der Waals surface area contributed by atoms with E-state index in [0.29, 0.717) is 30.1 Å². The van der Waals surface area contributed by atoms with Gasteiger partial charge in [-0.1, -0.05) is 18.2 Å². The van der Waals surface area contributed by atoms with Crippen molar-refractivity contribution in [1.82, 2.24) is 0 Å². The number of hydrogen-bond acceptors (Lipinski definition) is 4. The van der Waals surface area contributed by atoms with Crippen LogP contribution >= 0.6 is 0 Å². The fraction of sp³-hybridized carbons (Fsp3) is 0.250. The van der Waals surface area contributed by atoms with Gasteiger partial charge in [-0.05, 0) is 42.2 Å². The predicted molar refractivity (Wildman–Crippen MR) is 76.7 cm³/mol. The molecule has 0 heterocycles. The molecule has 2 aromatic carbocycles. The minimum absolute atomic E-state index is 0.00121. The van der Waals surface area contributed by atoms with Crippen molar-refractivity contribution < 1.29 is 19.7 Å². The molecule has 0 aliphatic heterocycles. The summed E-state index contributed by atoms with van der Waals surface area (Å²) in [6.07, 6.45) is 1.41.